The van der Waals surface area contributed by atoms with Crippen LogP contribution < -0.4 is 10.2 Å². The van der Waals surface area contributed by atoms with Crippen molar-refractivity contribution < 1.29 is 22.7 Å². The van der Waals surface area contributed by atoms with Gasteiger partial charge in [0.1, 0.15) is 11.5 Å². The molecular formula is C20H27N5O5S. The van der Waals surface area contributed by atoms with E-state index >= 15 is 0 Å². The van der Waals surface area contributed by atoms with Gasteiger partial charge in [-0.3, -0.25) is 4.79 Å². The average molecular weight is 450 g/mol. The molecule has 1 amide bonds. The van der Waals surface area contributed by atoms with E-state index in [0.717, 1.165) is 5.82 Å². The van der Waals surface area contributed by atoms with Crippen molar-refractivity contribution in [2.24, 2.45) is 0 Å². The minimum Gasteiger partial charge on any atom is -0.465 e. The Morgan fingerprint density at radius 2 is 1.90 bits per heavy atom. The van der Waals surface area contributed by atoms with E-state index in [2.05, 4.69) is 15.3 Å². The van der Waals surface area contributed by atoms with Gasteiger partial charge in [0.05, 0.1) is 18.4 Å². The number of rotatable bonds is 7. The number of sulfonamides is 1. The van der Waals surface area contributed by atoms with Crippen LogP contribution in [0.5, 0.6) is 0 Å². The quantitative estimate of drug-likeness (QED) is 0.596. The summed E-state index contributed by atoms with van der Waals surface area (Å²) in [7, 11) is -2.24. The number of nitrogens with one attached hydrogen (secondary N) is 2. The van der Waals surface area contributed by atoms with E-state index < -0.39 is 21.9 Å². The lowest BCUT2D eigenvalue weighted by Crippen LogP contribution is -2.50. The van der Waals surface area contributed by atoms with E-state index in [-0.39, 0.29) is 18.0 Å². The number of aromatic nitrogens is 2. The molecule has 0 aromatic carbocycles. The van der Waals surface area contributed by atoms with Gasteiger partial charge in [-0.2, -0.15) is 4.31 Å². The third kappa shape index (κ3) is 5.05. The number of carbonyl (C=O) groups excluding carboxylic acids is 2. The van der Waals surface area contributed by atoms with Crippen molar-refractivity contribution in [3.05, 3.63) is 46.9 Å². The number of carbonyl (C=O) groups is 2. The summed E-state index contributed by atoms with van der Waals surface area (Å²) in [6.07, 6.45) is 1.71. The van der Waals surface area contributed by atoms with Crippen LogP contribution in [0.3, 0.4) is 0 Å². The predicted molar refractivity (Wildman–Crippen MR) is 116 cm³/mol. The number of piperazine rings is 1. The number of hydrogen-bond acceptors (Lipinski definition) is 7. The molecule has 0 aliphatic carbocycles. The van der Waals surface area contributed by atoms with Gasteiger partial charge >= 0.3 is 5.97 Å². The molecule has 1 fully saturated rings. The molecule has 10 nitrogen and oxygen atoms in total. The number of aromatic amines is 1. The fraction of sp³-hybridized carbons (Fsp3) is 0.450. The van der Waals surface area contributed by atoms with Gasteiger partial charge in [0.25, 0.3) is 5.91 Å². The number of hydrogen-bond donors (Lipinski definition) is 2. The highest BCUT2D eigenvalue weighted by Gasteiger charge is 2.28. The highest BCUT2D eigenvalue weighted by Crippen LogP contribution is 2.19. The maximum atomic E-state index is 12.7. The van der Waals surface area contributed by atoms with Crippen LogP contribution in [0.1, 0.15) is 32.1 Å². The Morgan fingerprint density at radius 1 is 1.19 bits per heavy atom. The maximum absolute atomic E-state index is 12.7. The SMILES string of the molecule is COC(=O)c1c(C)[nH]c(C(=O)NCCS(=O)(=O)N2CCN(c3ccccn3)CC2)c1C. The van der Waals surface area contributed by atoms with Crippen molar-refractivity contribution in [3.63, 3.8) is 0 Å². The molecule has 3 rings (SSSR count). The second-order valence-electron chi connectivity index (χ2n) is 7.26. The molecule has 2 aromatic heterocycles. The Balaban J connectivity index is 1.53. The van der Waals surface area contributed by atoms with Crippen LogP contribution in [0.4, 0.5) is 5.82 Å². The zero-order chi connectivity index (χ0) is 22.6. The molecule has 1 saturated heterocycles. The van der Waals surface area contributed by atoms with E-state index in [0.29, 0.717) is 43.0 Å². The van der Waals surface area contributed by atoms with Gasteiger partial charge in [0.15, 0.2) is 0 Å². The van der Waals surface area contributed by atoms with Crippen LogP contribution >= 0.6 is 0 Å². The number of ether oxygens (including phenoxy) is 1. The van der Waals surface area contributed by atoms with Crippen molar-refractivity contribution in [1.29, 1.82) is 0 Å². The highest BCUT2D eigenvalue weighted by molar-refractivity contribution is 7.89. The first-order chi connectivity index (χ1) is 14.7. The zero-order valence-electron chi connectivity index (χ0n) is 17.8. The molecule has 0 spiro atoms. The van der Waals surface area contributed by atoms with Gasteiger partial charge in [0.2, 0.25) is 10.0 Å². The van der Waals surface area contributed by atoms with E-state index in [1.165, 1.54) is 11.4 Å². The number of nitrogens with zero attached hydrogens (tertiary/aromatic N) is 3. The van der Waals surface area contributed by atoms with E-state index in [9.17, 15) is 18.0 Å². The second kappa shape index (κ2) is 9.48. The summed E-state index contributed by atoms with van der Waals surface area (Å²) >= 11 is 0. The van der Waals surface area contributed by atoms with Crippen LogP contribution in [-0.4, -0.2) is 80.2 Å². The number of methoxy groups -OCH3 is 1. The molecule has 0 unspecified atom stereocenters. The first-order valence-electron chi connectivity index (χ1n) is 9.94. The first-order valence-corrected chi connectivity index (χ1v) is 11.5. The van der Waals surface area contributed by atoms with Crippen molar-refractivity contribution in [1.82, 2.24) is 19.6 Å². The summed E-state index contributed by atoms with van der Waals surface area (Å²) in [6, 6.07) is 5.63. The molecule has 11 heteroatoms. The highest BCUT2D eigenvalue weighted by atomic mass is 32.2. The van der Waals surface area contributed by atoms with Crippen LogP contribution in [0.2, 0.25) is 0 Å². The number of H-pyrrole nitrogens is 1. The topological polar surface area (TPSA) is 125 Å². The van der Waals surface area contributed by atoms with Gasteiger partial charge in [-0.05, 0) is 31.5 Å². The van der Waals surface area contributed by atoms with Crippen LogP contribution in [0, 0.1) is 13.8 Å². The Morgan fingerprint density at radius 3 is 2.52 bits per heavy atom. The number of pyridine rings is 1. The van der Waals surface area contributed by atoms with Gasteiger partial charge in [-0.25, -0.2) is 18.2 Å². The van der Waals surface area contributed by atoms with E-state index in [1.807, 2.05) is 23.1 Å². The largest absolute Gasteiger partial charge is 0.465 e. The van der Waals surface area contributed by atoms with Crippen LogP contribution in [0.25, 0.3) is 0 Å². The lowest BCUT2D eigenvalue weighted by atomic mass is 10.1. The maximum Gasteiger partial charge on any atom is 0.339 e. The molecule has 2 N–H and O–H groups in total. The Hall–Kier alpha value is -2.92. The summed E-state index contributed by atoms with van der Waals surface area (Å²) < 4.78 is 31.5. The Kier molecular flexibility index (Phi) is 6.96. The molecular weight excluding hydrogens is 422 g/mol. The molecule has 0 bridgehead atoms. The van der Waals surface area contributed by atoms with Crippen LogP contribution in [0.15, 0.2) is 24.4 Å². The predicted octanol–water partition coefficient (Wildman–Crippen LogP) is 0.695. The minimum absolute atomic E-state index is 0.0350. The van der Waals surface area contributed by atoms with Gasteiger partial charge in [0, 0.05) is 44.6 Å². The van der Waals surface area contributed by atoms with Crippen molar-refractivity contribution in [3.8, 4) is 0 Å². The molecule has 0 radical (unpaired) electrons. The van der Waals surface area contributed by atoms with Crippen molar-refractivity contribution in [2.75, 3.05) is 50.5 Å². The molecule has 1 aliphatic rings. The Labute approximate surface area is 181 Å². The second-order valence-corrected chi connectivity index (χ2v) is 9.35. The first kappa shape index (κ1) is 22.8. The molecule has 31 heavy (non-hydrogen) atoms. The fourth-order valence-corrected chi connectivity index (χ4v) is 4.97. The zero-order valence-corrected chi connectivity index (χ0v) is 18.7. The number of aryl methyl sites for hydroxylation is 1. The monoisotopic (exact) mass is 449 g/mol. The number of amides is 1. The minimum atomic E-state index is -3.51. The third-order valence-corrected chi connectivity index (χ3v) is 7.18. The standard InChI is InChI=1S/C20H27N5O5S/c1-14-17(20(27)30-3)15(2)23-18(14)19(26)22-8-13-31(28,29)25-11-9-24(10-12-25)16-6-4-5-7-21-16/h4-7,23H,8-13H2,1-3H3,(H,22,26). The summed E-state index contributed by atoms with van der Waals surface area (Å²) in [4.78, 5) is 33.6. The fourth-order valence-electron chi connectivity index (χ4n) is 3.63. The average Bonchev–Trinajstić information content (AvgIpc) is 3.07. The molecule has 1 aliphatic heterocycles. The van der Waals surface area contributed by atoms with Gasteiger partial charge < -0.3 is 19.9 Å². The molecule has 168 valence electrons. The smallest absolute Gasteiger partial charge is 0.339 e. The summed E-state index contributed by atoms with van der Waals surface area (Å²) in [6.45, 7) is 5.12. The third-order valence-electron chi connectivity index (χ3n) is 5.30. The van der Waals surface area contributed by atoms with E-state index in [1.54, 1.807) is 20.0 Å². The number of anilines is 1. The summed E-state index contributed by atoms with van der Waals surface area (Å²) in [5.41, 5.74) is 1.52. The normalized spacial score (nSPS) is 15.0. The summed E-state index contributed by atoms with van der Waals surface area (Å²) in [5.74, 6) is -0.372. The molecule has 2 aromatic rings. The van der Waals surface area contributed by atoms with Crippen molar-refractivity contribution in [2.45, 2.75) is 13.8 Å². The number of esters is 1. The summed E-state index contributed by atoms with van der Waals surface area (Å²) in [5, 5.41) is 2.62. The van der Waals surface area contributed by atoms with E-state index in [4.69, 9.17) is 4.74 Å². The van der Waals surface area contributed by atoms with Crippen molar-refractivity contribution >= 4 is 27.7 Å². The molecule has 0 atom stereocenters. The lowest BCUT2D eigenvalue weighted by Gasteiger charge is -2.34. The van der Waals surface area contributed by atoms with Crippen LogP contribution in [-0.2, 0) is 14.8 Å². The molecule has 0 saturated carbocycles. The lowest BCUT2D eigenvalue weighted by molar-refractivity contribution is 0.0599. The van der Waals surface area contributed by atoms with Gasteiger partial charge in [-0.15, -0.1) is 0 Å². The van der Waals surface area contributed by atoms with Gasteiger partial charge in [-0.1, -0.05) is 6.07 Å². The molecule has 3 heterocycles. The Bertz CT molecular complexity index is 1040.